The Bertz CT molecular complexity index is 1170. The Morgan fingerprint density at radius 3 is 2.23 bits per heavy atom. The molecule has 0 aliphatic rings. The van der Waals surface area contributed by atoms with Gasteiger partial charge in [-0.15, -0.1) is 0 Å². The Labute approximate surface area is 182 Å². The van der Waals surface area contributed by atoms with Crippen molar-refractivity contribution in [2.45, 2.75) is 12.5 Å². The zero-order valence-corrected chi connectivity index (χ0v) is 17.4. The number of carbonyl (C=O) groups excluding carboxylic acids is 1. The molecular weight excluding hydrogens is 386 g/mol. The van der Waals surface area contributed by atoms with E-state index in [1.807, 2.05) is 97.1 Å². The largest absolute Gasteiger partial charge is 0.484 e. The fourth-order valence-corrected chi connectivity index (χ4v) is 3.48. The SMILES string of the molecule is CC(O)(CNC(=O)COc1ccc2ccccc2c1)c1ccc(-c2ccccc2)cc1. The highest BCUT2D eigenvalue weighted by Gasteiger charge is 2.24. The van der Waals surface area contributed by atoms with Crippen molar-refractivity contribution in [1.82, 2.24) is 5.32 Å². The van der Waals surface area contributed by atoms with Crippen molar-refractivity contribution in [3.63, 3.8) is 0 Å². The molecule has 0 spiro atoms. The first-order valence-corrected chi connectivity index (χ1v) is 10.3. The molecule has 0 heterocycles. The van der Waals surface area contributed by atoms with Gasteiger partial charge in [0, 0.05) is 0 Å². The average Bonchev–Trinajstić information content (AvgIpc) is 2.82. The van der Waals surface area contributed by atoms with Gasteiger partial charge in [-0.3, -0.25) is 4.79 Å². The predicted molar refractivity (Wildman–Crippen MR) is 124 cm³/mol. The summed E-state index contributed by atoms with van der Waals surface area (Å²) in [6.07, 6.45) is 0. The molecule has 2 N–H and O–H groups in total. The summed E-state index contributed by atoms with van der Waals surface area (Å²) in [5.41, 5.74) is 1.75. The van der Waals surface area contributed by atoms with Crippen molar-refractivity contribution in [1.29, 1.82) is 0 Å². The first kappa shape index (κ1) is 20.6. The van der Waals surface area contributed by atoms with E-state index < -0.39 is 5.60 Å². The van der Waals surface area contributed by atoms with Gasteiger partial charge in [-0.1, -0.05) is 84.9 Å². The summed E-state index contributed by atoms with van der Waals surface area (Å²) in [6, 6.07) is 31.5. The lowest BCUT2D eigenvalue weighted by molar-refractivity contribution is -0.124. The van der Waals surface area contributed by atoms with Gasteiger partial charge in [-0.05, 0) is 46.5 Å². The Balaban J connectivity index is 1.32. The van der Waals surface area contributed by atoms with E-state index in [2.05, 4.69) is 5.32 Å². The molecule has 0 fully saturated rings. The third kappa shape index (κ3) is 5.11. The van der Waals surface area contributed by atoms with E-state index >= 15 is 0 Å². The number of nitrogens with one attached hydrogen (secondary N) is 1. The molecule has 0 saturated heterocycles. The lowest BCUT2D eigenvalue weighted by Crippen LogP contribution is -2.40. The average molecular weight is 412 g/mol. The number of hydrogen-bond acceptors (Lipinski definition) is 3. The maximum atomic E-state index is 12.2. The maximum absolute atomic E-state index is 12.2. The third-order valence-corrected chi connectivity index (χ3v) is 5.33. The number of fused-ring (bicyclic) bond motifs is 1. The van der Waals surface area contributed by atoms with Crippen molar-refractivity contribution < 1.29 is 14.6 Å². The van der Waals surface area contributed by atoms with E-state index in [1.54, 1.807) is 6.92 Å². The van der Waals surface area contributed by atoms with Crippen LogP contribution in [0.1, 0.15) is 12.5 Å². The monoisotopic (exact) mass is 411 g/mol. The minimum atomic E-state index is -1.19. The molecule has 1 atom stereocenters. The molecule has 0 aliphatic carbocycles. The molecule has 0 bridgehead atoms. The molecule has 4 heteroatoms. The molecule has 0 aromatic heterocycles. The smallest absolute Gasteiger partial charge is 0.258 e. The summed E-state index contributed by atoms with van der Waals surface area (Å²) in [5.74, 6) is 0.353. The molecule has 0 aliphatic heterocycles. The number of hydrogen-bond donors (Lipinski definition) is 2. The van der Waals surface area contributed by atoms with Gasteiger partial charge in [0.15, 0.2) is 6.61 Å². The van der Waals surface area contributed by atoms with Crippen LogP contribution < -0.4 is 10.1 Å². The van der Waals surface area contributed by atoms with Crippen LogP contribution in [0.4, 0.5) is 0 Å². The normalized spacial score (nSPS) is 12.8. The Hall–Kier alpha value is -3.63. The molecule has 1 unspecified atom stereocenters. The molecule has 4 aromatic carbocycles. The highest BCUT2D eigenvalue weighted by molar-refractivity contribution is 5.84. The topological polar surface area (TPSA) is 58.6 Å². The van der Waals surface area contributed by atoms with Crippen LogP contribution in [0.3, 0.4) is 0 Å². The van der Waals surface area contributed by atoms with Gasteiger partial charge in [-0.25, -0.2) is 0 Å². The van der Waals surface area contributed by atoms with Crippen LogP contribution in [0.25, 0.3) is 21.9 Å². The van der Waals surface area contributed by atoms with E-state index in [4.69, 9.17) is 4.74 Å². The first-order chi connectivity index (χ1) is 15.0. The summed E-state index contributed by atoms with van der Waals surface area (Å²) in [7, 11) is 0. The zero-order chi connectivity index (χ0) is 21.7. The maximum Gasteiger partial charge on any atom is 0.258 e. The van der Waals surface area contributed by atoms with Crippen molar-refractivity contribution in [2.75, 3.05) is 13.2 Å². The van der Waals surface area contributed by atoms with Crippen molar-refractivity contribution in [3.05, 3.63) is 103 Å². The van der Waals surface area contributed by atoms with Crippen LogP contribution in [0.15, 0.2) is 97.1 Å². The molecule has 31 heavy (non-hydrogen) atoms. The fraction of sp³-hybridized carbons (Fsp3) is 0.148. The Morgan fingerprint density at radius 2 is 1.48 bits per heavy atom. The van der Waals surface area contributed by atoms with Crippen molar-refractivity contribution in [2.24, 2.45) is 0 Å². The number of carbonyl (C=O) groups is 1. The molecule has 0 saturated carbocycles. The van der Waals surface area contributed by atoms with Crippen LogP contribution in [-0.2, 0) is 10.4 Å². The van der Waals surface area contributed by atoms with E-state index in [-0.39, 0.29) is 19.1 Å². The first-order valence-electron chi connectivity index (χ1n) is 10.3. The second kappa shape index (κ2) is 9.02. The highest BCUT2D eigenvalue weighted by atomic mass is 16.5. The van der Waals surface area contributed by atoms with Crippen LogP contribution >= 0.6 is 0 Å². The van der Waals surface area contributed by atoms with Gasteiger partial charge in [-0.2, -0.15) is 0 Å². The lowest BCUT2D eigenvalue weighted by Gasteiger charge is -2.24. The molecule has 1 amide bonds. The number of aliphatic hydroxyl groups is 1. The zero-order valence-electron chi connectivity index (χ0n) is 17.4. The molecule has 4 nitrogen and oxygen atoms in total. The minimum Gasteiger partial charge on any atom is -0.484 e. The summed E-state index contributed by atoms with van der Waals surface area (Å²) in [4.78, 5) is 12.2. The molecule has 156 valence electrons. The van der Waals surface area contributed by atoms with E-state index in [1.165, 1.54) is 0 Å². The highest BCUT2D eigenvalue weighted by Crippen LogP contribution is 2.25. The van der Waals surface area contributed by atoms with E-state index in [0.717, 1.165) is 27.5 Å². The number of amides is 1. The molecular formula is C27H25NO3. The van der Waals surface area contributed by atoms with Crippen molar-refractivity contribution >= 4 is 16.7 Å². The molecule has 4 aromatic rings. The van der Waals surface area contributed by atoms with Crippen LogP contribution in [-0.4, -0.2) is 24.2 Å². The standard InChI is InChI=1S/C27H25NO3/c1-27(30,24-14-11-22(12-15-24)20-7-3-2-4-8-20)19-28-26(29)18-31-25-16-13-21-9-5-6-10-23(21)17-25/h2-17,30H,18-19H2,1H3,(H,28,29). The van der Waals surface area contributed by atoms with Gasteiger partial charge in [0.05, 0.1) is 6.54 Å². The number of benzene rings is 4. The quantitative estimate of drug-likeness (QED) is 0.454. The summed E-state index contributed by atoms with van der Waals surface area (Å²) >= 11 is 0. The number of rotatable bonds is 7. The summed E-state index contributed by atoms with van der Waals surface area (Å²) in [5, 5.41) is 15.8. The number of ether oxygens (including phenoxy) is 1. The second-order valence-electron chi connectivity index (χ2n) is 7.79. The van der Waals surface area contributed by atoms with Crippen LogP contribution in [0.2, 0.25) is 0 Å². The molecule has 0 radical (unpaired) electrons. The summed E-state index contributed by atoms with van der Waals surface area (Å²) < 4.78 is 5.62. The van der Waals surface area contributed by atoms with Crippen LogP contribution in [0, 0.1) is 0 Å². The predicted octanol–water partition coefficient (Wildman–Crippen LogP) is 4.91. The Kier molecular flexibility index (Phi) is 6.01. The van der Waals surface area contributed by atoms with Gasteiger partial charge >= 0.3 is 0 Å². The van der Waals surface area contributed by atoms with Crippen molar-refractivity contribution in [3.8, 4) is 16.9 Å². The fourth-order valence-electron chi connectivity index (χ4n) is 3.48. The van der Waals surface area contributed by atoms with E-state index in [9.17, 15) is 9.90 Å². The second-order valence-corrected chi connectivity index (χ2v) is 7.79. The van der Waals surface area contributed by atoms with Gasteiger partial charge in [0.25, 0.3) is 5.91 Å². The van der Waals surface area contributed by atoms with E-state index in [0.29, 0.717) is 5.75 Å². The van der Waals surface area contributed by atoms with Gasteiger partial charge < -0.3 is 15.2 Å². The lowest BCUT2D eigenvalue weighted by atomic mass is 9.93. The summed E-state index contributed by atoms with van der Waals surface area (Å²) in [6.45, 7) is 1.67. The molecule has 4 rings (SSSR count). The van der Waals surface area contributed by atoms with Gasteiger partial charge in [0.1, 0.15) is 11.4 Å². The van der Waals surface area contributed by atoms with Crippen LogP contribution in [0.5, 0.6) is 5.75 Å². The van der Waals surface area contributed by atoms with Gasteiger partial charge in [0.2, 0.25) is 0 Å². The third-order valence-electron chi connectivity index (χ3n) is 5.33. The Morgan fingerprint density at radius 1 is 0.839 bits per heavy atom. The minimum absolute atomic E-state index is 0.0948.